The van der Waals surface area contributed by atoms with E-state index < -0.39 is 5.60 Å². The molecule has 1 amide bonds. The van der Waals surface area contributed by atoms with Gasteiger partial charge in [0.05, 0.1) is 5.39 Å². The second-order valence-electron chi connectivity index (χ2n) is 10.4. The number of nitrogens with one attached hydrogen (secondary N) is 2. The predicted octanol–water partition coefficient (Wildman–Crippen LogP) is 5.22. The lowest BCUT2D eigenvalue weighted by atomic mass is 9.81. The van der Waals surface area contributed by atoms with Crippen LogP contribution in [0.15, 0.2) is 17.5 Å². The number of aromatic nitrogens is 4. The number of amides is 1. The number of ether oxygens (including phenoxy) is 1. The molecule has 34 heavy (non-hydrogen) atoms. The zero-order valence-corrected chi connectivity index (χ0v) is 21.3. The molecule has 3 aromatic rings. The van der Waals surface area contributed by atoms with Crippen molar-refractivity contribution in [2.24, 2.45) is 0 Å². The Morgan fingerprint density at radius 3 is 2.65 bits per heavy atom. The second kappa shape index (κ2) is 8.72. The number of hydrogen-bond acceptors (Lipinski definition) is 8. The highest BCUT2D eigenvalue weighted by Gasteiger charge is 2.44. The van der Waals surface area contributed by atoms with E-state index in [1.165, 1.54) is 0 Å². The first-order chi connectivity index (χ1) is 16.2. The smallest absolute Gasteiger partial charge is 0.410 e. The Labute approximate surface area is 203 Å². The molecule has 0 radical (unpaired) electrons. The van der Waals surface area contributed by atoms with Gasteiger partial charge in [-0.1, -0.05) is 0 Å². The number of carbonyl (C=O) groups excluding carboxylic acids is 1. The van der Waals surface area contributed by atoms with Gasteiger partial charge in [-0.2, -0.15) is 10.1 Å². The van der Waals surface area contributed by atoms with Crippen molar-refractivity contribution in [3.8, 4) is 0 Å². The molecule has 0 aromatic carbocycles. The molecule has 2 aliphatic heterocycles. The van der Waals surface area contributed by atoms with Crippen LogP contribution in [0.5, 0.6) is 0 Å². The standard InChI is InChI=1S/C24H33N7O2S/c1-14-11-19(29-28-14)25-20-18-9-10-34-21(18)27-22(26-20)30(5)17-12-15-7-6-8-16(13-17)31(15)23(32)33-24(2,3)4/h9-11,15-17H,6-8,12-13H2,1-5H3,(H2,25,26,27,28,29)/t15-,16+,17-. The third-order valence-corrected chi connectivity index (χ3v) is 7.49. The maximum atomic E-state index is 13.0. The number of piperidine rings is 2. The fourth-order valence-corrected chi connectivity index (χ4v) is 5.90. The van der Waals surface area contributed by atoms with Crippen molar-refractivity contribution >= 4 is 45.2 Å². The zero-order chi connectivity index (χ0) is 24.0. The quantitative estimate of drug-likeness (QED) is 0.525. The number of hydrogen-bond donors (Lipinski definition) is 2. The highest BCUT2D eigenvalue weighted by atomic mass is 32.1. The number of anilines is 3. The molecule has 3 aromatic heterocycles. The molecule has 0 spiro atoms. The summed E-state index contributed by atoms with van der Waals surface area (Å²) in [6.07, 6.45) is 4.77. The number of thiophene rings is 1. The van der Waals surface area contributed by atoms with Crippen molar-refractivity contribution < 1.29 is 9.53 Å². The van der Waals surface area contributed by atoms with Gasteiger partial charge in [0.25, 0.3) is 0 Å². The third kappa shape index (κ3) is 4.55. The molecule has 5 heterocycles. The minimum atomic E-state index is -0.487. The summed E-state index contributed by atoms with van der Waals surface area (Å²) in [5.74, 6) is 2.18. The van der Waals surface area contributed by atoms with Gasteiger partial charge in [-0.05, 0) is 71.2 Å². The summed E-state index contributed by atoms with van der Waals surface area (Å²) in [6, 6.07) is 4.62. The van der Waals surface area contributed by atoms with Gasteiger partial charge in [0.1, 0.15) is 16.2 Å². The van der Waals surface area contributed by atoms with Crippen LogP contribution < -0.4 is 10.2 Å². The summed E-state index contributed by atoms with van der Waals surface area (Å²) in [5.41, 5.74) is 0.498. The van der Waals surface area contributed by atoms with Crippen LogP contribution in [-0.2, 0) is 4.74 Å². The van der Waals surface area contributed by atoms with Gasteiger partial charge in [-0.25, -0.2) is 9.78 Å². The van der Waals surface area contributed by atoms with Gasteiger partial charge in [-0.3, -0.25) is 5.10 Å². The van der Waals surface area contributed by atoms with E-state index in [9.17, 15) is 4.79 Å². The fourth-order valence-electron chi connectivity index (χ4n) is 5.15. The Morgan fingerprint density at radius 1 is 1.26 bits per heavy atom. The number of nitrogens with zero attached hydrogens (tertiary/aromatic N) is 5. The number of carbonyl (C=O) groups is 1. The van der Waals surface area contributed by atoms with Gasteiger partial charge >= 0.3 is 6.09 Å². The number of H-pyrrole nitrogens is 1. The fraction of sp³-hybridized carbons (Fsp3) is 0.583. The van der Waals surface area contributed by atoms with Crippen LogP contribution in [0.2, 0.25) is 0 Å². The van der Waals surface area contributed by atoms with Crippen LogP contribution in [0, 0.1) is 6.92 Å². The Morgan fingerprint density at radius 2 is 2.00 bits per heavy atom. The van der Waals surface area contributed by atoms with E-state index in [2.05, 4.69) is 27.5 Å². The van der Waals surface area contributed by atoms with Crippen molar-refractivity contribution in [1.82, 2.24) is 25.1 Å². The molecule has 0 saturated carbocycles. The Kier molecular flexibility index (Phi) is 5.87. The lowest BCUT2D eigenvalue weighted by Crippen LogP contribution is -2.59. The first-order valence-corrected chi connectivity index (χ1v) is 12.8. The molecule has 3 atom stereocenters. The van der Waals surface area contributed by atoms with Gasteiger partial charge < -0.3 is 19.9 Å². The molecular weight excluding hydrogens is 450 g/mol. The minimum absolute atomic E-state index is 0.180. The van der Waals surface area contributed by atoms with E-state index in [1.54, 1.807) is 11.3 Å². The topological polar surface area (TPSA) is 99.3 Å². The van der Waals surface area contributed by atoms with E-state index in [1.807, 2.05) is 50.1 Å². The van der Waals surface area contributed by atoms with E-state index in [0.29, 0.717) is 5.95 Å². The average Bonchev–Trinajstić information content (AvgIpc) is 3.39. The summed E-state index contributed by atoms with van der Waals surface area (Å²) >= 11 is 1.61. The zero-order valence-electron chi connectivity index (χ0n) is 20.5. The van der Waals surface area contributed by atoms with Crippen molar-refractivity contribution in [3.63, 3.8) is 0 Å². The van der Waals surface area contributed by atoms with E-state index >= 15 is 0 Å². The Balaban J connectivity index is 1.38. The monoisotopic (exact) mass is 483 g/mol. The highest BCUT2D eigenvalue weighted by Crippen LogP contribution is 2.38. The molecule has 2 fully saturated rings. The lowest BCUT2D eigenvalue weighted by Gasteiger charge is -2.50. The molecule has 9 nitrogen and oxygen atoms in total. The number of aromatic amines is 1. The Hall–Kier alpha value is -2.88. The number of rotatable bonds is 4. The van der Waals surface area contributed by atoms with Crippen LogP contribution in [-0.4, -0.2) is 61.9 Å². The molecule has 5 rings (SSSR count). The van der Waals surface area contributed by atoms with Crippen LogP contribution in [0.1, 0.15) is 58.6 Å². The van der Waals surface area contributed by atoms with Crippen molar-refractivity contribution in [1.29, 1.82) is 0 Å². The van der Waals surface area contributed by atoms with Gasteiger partial charge in [-0.15, -0.1) is 11.3 Å². The number of fused-ring (bicyclic) bond motifs is 3. The Bertz CT molecular complexity index is 1170. The molecule has 10 heteroatoms. The van der Waals surface area contributed by atoms with Crippen LogP contribution in [0.25, 0.3) is 10.2 Å². The molecule has 2 aliphatic rings. The second-order valence-corrected chi connectivity index (χ2v) is 11.3. The predicted molar refractivity (Wildman–Crippen MR) is 135 cm³/mol. The van der Waals surface area contributed by atoms with Gasteiger partial charge in [0, 0.05) is 36.9 Å². The van der Waals surface area contributed by atoms with Crippen LogP contribution >= 0.6 is 11.3 Å². The maximum Gasteiger partial charge on any atom is 0.410 e. The molecule has 0 unspecified atom stereocenters. The normalized spacial score (nSPS) is 22.6. The van der Waals surface area contributed by atoms with E-state index in [0.717, 1.165) is 59.7 Å². The lowest BCUT2D eigenvalue weighted by molar-refractivity contribution is -0.0213. The molecule has 182 valence electrons. The molecule has 2 N–H and O–H groups in total. The molecule has 0 aliphatic carbocycles. The molecule has 2 saturated heterocycles. The SMILES string of the molecule is Cc1cc(Nc2nc(N(C)[C@@H]3C[C@H]4CCC[C@@H](C3)N4C(=O)OC(C)(C)C)nc3sccc23)n[nH]1. The van der Waals surface area contributed by atoms with E-state index in [-0.39, 0.29) is 24.2 Å². The summed E-state index contributed by atoms with van der Waals surface area (Å²) < 4.78 is 5.74. The summed E-state index contributed by atoms with van der Waals surface area (Å²) in [7, 11) is 2.07. The van der Waals surface area contributed by atoms with Gasteiger partial charge in [0.2, 0.25) is 5.95 Å². The molecule has 2 bridgehead atoms. The third-order valence-electron chi connectivity index (χ3n) is 6.68. The minimum Gasteiger partial charge on any atom is -0.444 e. The first-order valence-electron chi connectivity index (χ1n) is 12.0. The van der Waals surface area contributed by atoms with Crippen LogP contribution in [0.3, 0.4) is 0 Å². The number of aryl methyl sites for hydroxylation is 1. The largest absolute Gasteiger partial charge is 0.444 e. The summed E-state index contributed by atoms with van der Waals surface area (Å²) in [5, 5.41) is 13.6. The average molecular weight is 484 g/mol. The van der Waals surface area contributed by atoms with Crippen molar-refractivity contribution in [2.45, 2.75) is 83.5 Å². The maximum absolute atomic E-state index is 13.0. The summed E-state index contributed by atoms with van der Waals surface area (Å²) in [6.45, 7) is 7.75. The first kappa shape index (κ1) is 22.9. The van der Waals surface area contributed by atoms with Crippen molar-refractivity contribution in [2.75, 3.05) is 17.3 Å². The highest BCUT2D eigenvalue weighted by molar-refractivity contribution is 7.16. The van der Waals surface area contributed by atoms with Crippen molar-refractivity contribution in [3.05, 3.63) is 23.2 Å². The molecular formula is C24H33N7O2S. The summed E-state index contributed by atoms with van der Waals surface area (Å²) in [4.78, 5) is 27.9. The van der Waals surface area contributed by atoms with Gasteiger partial charge in [0.15, 0.2) is 5.82 Å². The van der Waals surface area contributed by atoms with E-state index in [4.69, 9.17) is 14.7 Å². The van der Waals surface area contributed by atoms with Crippen LogP contribution in [0.4, 0.5) is 22.4 Å².